The van der Waals surface area contributed by atoms with Crippen LogP contribution < -0.4 is 35.0 Å². The molecule has 0 aliphatic carbocycles. The van der Waals surface area contributed by atoms with Crippen molar-refractivity contribution in [2.75, 3.05) is 27.4 Å². The van der Waals surface area contributed by atoms with Crippen LogP contribution >= 0.6 is 0 Å². The number of carboxylic acids is 1. The van der Waals surface area contributed by atoms with E-state index < -0.39 is 30.2 Å². The molecule has 14 heteroatoms. The first-order valence-electron chi connectivity index (χ1n) is 14.5. The zero-order valence-corrected chi connectivity index (χ0v) is 26.2. The lowest BCUT2D eigenvalue weighted by Gasteiger charge is -2.28. The Bertz CT molecular complexity index is 1660. The van der Waals surface area contributed by atoms with Crippen LogP contribution in [0, 0.1) is 0 Å². The Morgan fingerprint density at radius 3 is 2.38 bits per heavy atom. The molecule has 1 aliphatic rings. The molecule has 0 saturated heterocycles. The van der Waals surface area contributed by atoms with Crippen molar-refractivity contribution < 1.29 is 48.3 Å². The number of urea groups is 1. The van der Waals surface area contributed by atoms with Crippen LogP contribution in [-0.4, -0.2) is 68.1 Å². The average molecular weight is 649 g/mol. The van der Waals surface area contributed by atoms with Crippen LogP contribution in [0.5, 0.6) is 23.0 Å². The number of nitrogens with zero attached hydrogens (tertiary/aromatic N) is 1. The molecule has 3 aromatic rings. The van der Waals surface area contributed by atoms with Gasteiger partial charge in [0.2, 0.25) is 0 Å². The number of esters is 1. The van der Waals surface area contributed by atoms with Crippen molar-refractivity contribution in [1.82, 2.24) is 16.1 Å². The van der Waals surface area contributed by atoms with Gasteiger partial charge in [0.1, 0.15) is 13.2 Å². The summed E-state index contributed by atoms with van der Waals surface area (Å²) in [5.41, 5.74) is 5.45. The molecule has 0 bridgehead atoms. The Morgan fingerprint density at radius 1 is 0.979 bits per heavy atom. The molecule has 14 nitrogen and oxygen atoms in total. The smallest absolute Gasteiger partial charge is 0.337 e. The third-order valence-electron chi connectivity index (χ3n) is 6.89. The minimum atomic E-state index is -1.18. The molecule has 0 spiro atoms. The second-order valence-electron chi connectivity index (χ2n) is 10.1. The molecule has 0 aromatic heterocycles. The number of allylic oxidation sites excluding steroid dienone is 1. The molecule has 2 amide bonds. The normalized spacial score (nSPS) is 14.9. The molecule has 0 fully saturated rings. The lowest BCUT2D eigenvalue weighted by molar-refractivity contribution is -0.136. The SMILES string of the molecule is CCOc1cc([C@H]2NC(=O)NC(C)=C2C(=O)OC)ccc1OC[C@H](O)N/N=C\c1ccc(OCc2ccc(C(=O)O)cc2)c(OC)c1. The minimum absolute atomic E-state index is 0.184. The zero-order valence-electron chi connectivity index (χ0n) is 26.2. The number of benzene rings is 3. The van der Waals surface area contributed by atoms with E-state index in [0.29, 0.717) is 46.4 Å². The van der Waals surface area contributed by atoms with Crippen LogP contribution in [0.25, 0.3) is 0 Å². The van der Waals surface area contributed by atoms with Crippen LogP contribution in [0.1, 0.15) is 46.9 Å². The van der Waals surface area contributed by atoms with E-state index in [2.05, 4.69) is 21.2 Å². The van der Waals surface area contributed by atoms with Gasteiger partial charge in [0.25, 0.3) is 0 Å². The van der Waals surface area contributed by atoms with Crippen LogP contribution in [0.2, 0.25) is 0 Å². The summed E-state index contributed by atoms with van der Waals surface area (Å²) in [4.78, 5) is 35.6. The van der Waals surface area contributed by atoms with Crippen molar-refractivity contribution in [2.24, 2.45) is 5.10 Å². The number of hydrazone groups is 1. The number of amides is 2. The van der Waals surface area contributed by atoms with Gasteiger partial charge in [0, 0.05) is 5.70 Å². The summed E-state index contributed by atoms with van der Waals surface area (Å²) >= 11 is 0. The van der Waals surface area contributed by atoms with Gasteiger partial charge in [-0.3, -0.25) is 5.43 Å². The number of aliphatic hydroxyl groups excluding tert-OH is 1. The highest BCUT2D eigenvalue weighted by molar-refractivity contribution is 5.95. The first-order chi connectivity index (χ1) is 22.6. The van der Waals surface area contributed by atoms with Gasteiger partial charge in [-0.2, -0.15) is 5.10 Å². The molecule has 3 aromatic carbocycles. The Hall–Kier alpha value is -5.76. The number of carbonyl (C=O) groups excluding carboxylic acids is 2. The fourth-order valence-electron chi connectivity index (χ4n) is 4.61. The van der Waals surface area contributed by atoms with Crippen molar-refractivity contribution in [3.63, 3.8) is 0 Å². The number of carboxylic acid groups (broad SMARTS) is 1. The first-order valence-corrected chi connectivity index (χ1v) is 14.5. The molecule has 248 valence electrons. The van der Waals surface area contributed by atoms with Crippen molar-refractivity contribution in [2.45, 2.75) is 32.7 Å². The largest absolute Gasteiger partial charge is 0.493 e. The number of hydrogen-bond donors (Lipinski definition) is 5. The molecule has 47 heavy (non-hydrogen) atoms. The lowest BCUT2D eigenvalue weighted by atomic mass is 9.95. The molecule has 0 unspecified atom stereocenters. The van der Waals surface area contributed by atoms with Crippen molar-refractivity contribution in [3.05, 3.63) is 94.2 Å². The number of nitrogens with one attached hydrogen (secondary N) is 3. The Morgan fingerprint density at radius 2 is 1.70 bits per heavy atom. The van der Waals surface area contributed by atoms with E-state index in [1.165, 1.54) is 32.6 Å². The van der Waals surface area contributed by atoms with E-state index in [-0.39, 0.29) is 24.4 Å². The van der Waals surface area contributed by atoms with Gasteiger partial charge >= 0.3 is 18.0 Å². The molecule has 0 radical (unpaired) electrons. The monoisotopic (exact) mass is 648 g/mol. The first kappa shape index (κ1) is 34.1. The Labute approximate surface area is 270 Å². The van der Waals surface area contributed by atoms with Gasteiger partial charge in [0.05, 0.1) is 44.2 Å². The van der Waals surface area contributed by atoms with Crippen LogP contribution in [0.3, 0.4) is 0 Å². The van der Waals surface area contributed by atoms with E-state index in [9.17, 15) is 19.5 Å². The third-order valence-corrected chi connectivity index (χ3v) is 6.89. The molecule has 2 atom stereocenters. The lowest BCUT2D eigenvalue weighted by Crippen LogP contribution is -2.45. The average Bonchev–Trinajstić information content (AvgIpc) is 3.06. The number of aliphatic hydroxyl groups is 1. The van der Waals surface area contributed by atoms with Gasteiger partial charge in [0.15, 0.2) is 29.2 Å². The van der Waals surface area contributed by atoms with Crippen LogP contribution in [-0.2, 0) is 16.1 Å². The summed E-state index contributed by atoms with van der Waals surface area (Å²) in [6.45, 7) is 3.76. The highest BCUT2D eigenvalue weighted by atomic mass is 16.5. The number of carbonyl (C=O) groups is 3. The summed E-state index contributed by atoms with van der Waals surface area (Å²) < 4.78 is 27.7. The Balaban J connectivity index is 1.35. The standard InChI is InChI=1S/C33H36N4O10/c1-5-45-27-15-23(30-29(32(41)44-4)19(2)35-33(42)36-30)11-13-25(27)47-18-28(38)37-34-16-21-8-12-24(26(14-21)43-3)46-17-20-6-9-22(10-7-20)31(39)40/h6-16,28,30,37-38H,5,17-18H2,1-4H3,(H,39,40)(H2,35,36,42)/b34-16-/t28-,30+/m0/s1. The topological polar surface area (TPSA) is 186 Å². The van der Waals surface area contributed by atoms with Gasteiger partial charge < -0.3 is 44.5 Å². The van der Waals surface area contributed by atoms with Crippen LogP contribution in [0.15, 0.2) is 77.0 Å². The Kier molecular flexibility index (Phi) is 11.6. The highest BCUT2D eigenvalue weighted by Crippen LogP contribution is 2.35. The maximum Gasteiger partial charge on any atom is 0.337 e. The van der Waals surface area contributed by atoms with Crippen molar-refractivity contribution >= 4 is 24.2 Å². The molecule has 1 heterocycles. The maximum absolute atomic E-state index is 12.4. The molecular formula is C33H36N4O10. The minimum Gasteiger partial charge on any atom is -0.493 e. The number of aromatic carboxylic acids is 1. The van der Waals surface area contributed by atoms with E-state index >= 15 is 0 Å². The summed E-state index contributed by atoms with van der Waals surface area (Å²) in [6, 6.07) is 15.3. The molecular weight excluding hydrogens is 612 g/mol. The zero-order chi connectivity index (χ0) is 33.9. The molecule has 0 saturated carbocycles. The van der Waals surface area contributed by atoms with Gasteiger partial charge in [-0.15, -0.1) is 0 Å². The number of methoxy groups -OCH3 is 2. The summed E-state index contributed by atoms with van der Waals surface area (Å²) in [7, 11) is 2.77. The third kappa shape index (κ3) is 8.92. The fraction of sp³-hybridized carbons (Fsp3) is 0.273. The maximum atomic E-state index is 12.4. The molecule has 1 aliphatic heterocycles. The fourth-order valence-corrected chi connectivity index (χ4v) is 4.61. The van der Waals surface area contributed by atoms with Gasteiger partial charge in [-0.05, 0) is 73.0 Å². The number of hydrogen-bond acceptors (Lipinski definition) is 11. The highest BCUT2D eigenvalue weighted by Gasteiger charge is 2.32. The summed E-state index contributed by atoms with van der Waals surface area (Å²) in [6.07, 6.45) is 0.306. The number of rotatable bonds is 15. The summed E-state index contributed by atoms with van der Waals surface area (Å²) in [5.74, 6) is 0.0440. The second-order valence-corrected chi connectivity index (χ2v) is 10.1. The predicted octanol–water partition coefficient (Wildman–Crippen LogP) is 3.49. The predicted molar refractivity (Wildman–Crippen MR) is 170 cm³/mol. The van der Waals surface area contributed by atoms with Crippen molar-refractivity contribution in [3.8, 4) is 23.0 Å². The van der Waals surface area contributed by atoms with E-state index in [0.717, 1.165) is 5.56 Å². The van der Waals surface area contributed by atoms with Crippen LogP contribution in [0.4, 0.5) is 4.79 Å². The van der Waals surface area contributed by atoms with Crippen molar-refractivity contribution in [1.29, 1.82) is 0 Å². The summed E-state index contributed by atoms with van der Waals surface area (Å²) in [5, 5.41) is 28.9. The van der Waals surface area contributed by atoms with E-state index in [1.807, 2.05) is 0 Å². The van der Waals surface area contributed by atoms with E-state index in [1.54, 1.807) is 62.4 Å². The quantitative estimate of drug-likeness (QED) is 0.0703. The second kappa shape index (κ2) is 16.0. The number of ether oxygens (including phenoxy) is 5. The van der Waals surface area contributed by atoms with Gasteiger partial charge in [-0.25, -0.2) is 14.4 Å². The molecule has 4 rings (SSSR count). The van der Waals surface area contributed by atoms with E-state index in [4.69, 9.17) is 28.8 Å². The molecule has 5 N–H and O–H groups in total. The van der Waals surface area contributed by atoms with Gasteiger partial charge in [-0.1, -0.05) is 18.2 Å².